The molecule has 21 heavy (non-hydrogen) atoms. The van der Waals surface area contributed by atoms with Gasteiger partial charge in [0.15, 0.2) is 8.32 Å². The van der Waals surface area contributed by atoms with Gasteiger partial charge >= 0.3 is 0 Å². The molecular formula is C18H34O2Si. The molecule has 4 unspecified atom stereocenters. The first-order valence-corrected chi connectivity index (χ1v) is 11.6. The summed E-state index contributed by atoms with van der Waals surface area (Å²) < 4.78 is 6.86. The summed E-state index contributed by atoms with van der Waals surface area (Å²) >= 11 is 0. The summed E-state index contributed by atoms with van der Waals surface area (Å²) in [6.45, 7) is 11.1. The van der Waals surface area contributed by atoms with Gasteiger partial charge in [0.1, 0.15) is 5.78 Å². The first-order chi connectivity index (χ1) is 9.92. The van der Waals surface area contributed by atoms with E-state index in [1.165, 1.54) is 43.8 Å². The fourth-order valence-electron chi connectivity index (χ4n) is 5.25. The fraction of sp³-hybridized carbons (Fsp3) is 0.944. The highest BCUT2D eigenvalue weighted by molar-refractivity contribution is 6.73. The molecule has 0 aromatic heterocycles. The molecule has 2 rings (SSSR count). The van der Waals surface area contributed by atoms with Crippen LogP contribution >= 0.6 is 0 Å². The van der Waals surface area contributed by atoms with Gasteiger partial charge in [-0.3, -0.25) is 4.79 Å². The third-order valence-electron chi connectivity index (χ3n) is 6.89. The maximum Gasteiger partial charge on any atom is 0.192 e. The van der Waals surface area contributed by atoms with Gasteiger partial charge in [-0.15, -0.1) is 0 Å². The Balaban J connectivity index is 2.18. The van der Waals surface area contributed by atoms with Crippen LogP contribution in [0.25, 0.3) is 0 Å². The lowest BCUT2D eigenvalue weighted by Gasteiger charge is -2.47. The first-order valence-electron chi connectivity index (χ1n) is 9.10. The molecule has 0 bridgehead atoms. The molecule has 0 spiro atoms. The number of carbonyl (C=O) groups is 1. The number of hydrogen-bond acceptors (Lipinski definition) is 2. The highest BCUT2D eigenvalue weighted by Gasteiger charge is 2.54. The van der Waals surface area contributed by atoms with Gasteiger partial charge in [-0.05, 0) is 62.1 Å². The average Bonchev–Trinajstić information content (AvgIpc) is 2.83. The van der Waals surface area contributed by atoms with E-state index in [0.717, 1.165) is 6.42 Å². The van der Waals surface area contributed by atoms with E-state index in [9.17, 15) is 4.79 Å². The van der Waals surface area contributed by atoms with E-state index < -0.39 is 8.32 Å². The highest BCUT2D eigenvalue weighted by atomic mass is 28.4. The highest BCUT2D eigenvalue weighted by Crippen LogP contribution is 2.56. The number of hydrogen-bond donors (Lipinski definition) is 0. The third kappa shape index (κ3) is 3.01. The van der Waals surface area contributed by atoms with Crippen molar-refractivity contribution in [3.8, 4) is 0 Å². The number of rotatable bonds is 6. The lowest BCUT2D eigenvalue weighted by Crippen LogP contribution is -2.48. The van der Waals surface area contributed by atoms with Crippen molar-refractivity contribution in [3.05, 3.63) is 0 Å². The predicted octanol–water partition coefficient (Wildman–Crippen LogP) is 5.18. The molecule has 4 atom stereocenters. The Kier molecular flexibility index (Phi) is 5.35. The molecule has 2 aliphatic rings. The quantitative estimate of drug-likeness (QED) is 0.632. The minimum absolute atomic E-state index is 0.212. The maximum atomic E-state index is 12.0. The van der Waals surface area contributed by atoms with E-state index in [0.29, 0.717) is 17.8 Å². The number of carbonyl (C=O) groups excluding carboxylic acids is 1. The molecule has 0 radical (unpaired) electrons. The zero-order valence-electron chi connectivity index (χ0n) is 14.7. The van der Waals surface area contributed by atoms with E-state index in [4.69, 9.17) is 4.43 Å². The Morgan fingerprint density at radius 2 is 1.76 bits per heavy atom. The summed E-state index contributed by atoms with van der Waals surface area (Å²) in [6.07, 6.45) is 6.41. The standard InChI is InChI=1S/C18H34O2Si/c1-6-21(7-2,8-3)20-17-10-9-13-18(5)15(14(4)19)11-12-16(17)18/h15-17H,6-13H2,1-5H3. The first kappa shape index (κ1) is 17.2. The second kappa shape index (κ2) is 6.53. The van der Waals surface area contributed by atoms with E-state index in [1.807, 2.05) is 0 Å². The molecular weight excluding hydrogens is 276 g/mol. The topological polar surface area (TPSA) is 26.3 Å². The molecule has 0 aromatic carbocycles. The number of Topliss-reactive ketones (excluding diaryl/α,β-unsaturated/α-hetero) is 1. The molecule has 0 aromatic rings. The van der Waals surface area contributed by atoms with Gasteiger partial charge in [-0.25, -0.2) is 0 Å². The van der Waals surface area contributed by atoms with Gasteiger partial charge in [0, 0.05) is 12.0 Å². The van der Waals surface area contributed by atoms with Crippen molar-refractivity contribution in [1.29, 1.82) is 0 Å². The summed E-state index contributed by atoms with van der Waals surface area (Å²) in [6, 6.07) is 3.70. The van der Waals surface area contributed by atoms with Gasteiger partial charge < -0.3 is 4.43 Å². The summed E-state index contributed by atoms with van der Waals surface area (Å²) in [5.74, 6) is 1.32. The summed E-state index contributed by atoms with van der Waals surface area (Å²) in [7, 11) is -1.53. The molecule has 2 nitrogen and oxygen atoms in total. The minimum Gasteiger partial charge on any atom is -0.414 e. The van der Waals surface area contributed by atoms with Crippen LogP contribution in [-0.2, 0) is 9.22 Å². The minimum atomic E-state index is -1.53. The Bertz CT molecular complexity index is 369. The van der Waals surface area contributed by atoms with Crippen LogP contribution in [0.2, 0.25) is 18.1 Å². The molecule has 0 heterocycles. The van der Waals surface area contributed by atoms with Crippen LogP contribution in [0.5, 0.6) is 0 Å². The molecule has 2 fully saturated rings. The van der Waals surface area contributed by atoms with Crippen molar-refractivity contribution >= 4 is 14.1 Å². The van der Waals surface area contributed by atoms with Crippen molar-refractivity contribution in [2.45, 2.75) is 91.0 Å². The van der Waals surface area contributed by atoms with Crippen molar-refractivity contribution in [2.75, 3.05) is 0 Å². The summed E-state index contributed by atoms with van der Waals surface area (Å²) in [5, 5.41) is 0. The van der Waals surface area contributed by atoms with E-state index >= 15 is 0 Å². The summed E-state index contributed by atoms with van der Waals surface area (Å²) in [5.41, 5.74) is 0.212. The van der Waals surface area contributed by atoms with E-state index in [1.54, 1.807) is 6.92 Å². The van der Waals surface area contributed by atoms with Gasteiger partial charge in [0.05, 0.1) is 0 Å². The van der Waals surface area contributed by atoms with Crippen LogP contribution in [-0.4, -0.2) is 20.2 Å². The van der Waals surface area contributed by atoms with Crippen LogP contribution in [0.4, 0.5) is 0 Å². The molecule has 0 N–H and O–H groups in total. The Hall–Kier alpha value is -0.153. The van der Waals surface area contributed by atoms with Crippen molar-refractivity contribution < 1.29 is 9.22 Å². The zero-order valence-corrected chi connectivity index (χ0v) is 15.7. The van der Waals surface area contributed by atoms with Gasteiger partial charge in [-0.1, -0.05) is 34.1 Å². The van der Waals surface area contributed by atoms with Crippen molar-refractivity contribution in [3.63, 3.8) is 0 Å². The number of fused-ring (bicyclic) bond motifs is 1. The molecule has 3 heteroatoms. The van der Waals surface area contributed by atoms with Gasteiger partial charge in [0.2, 0.25) is 0 Å². The smallest absolute Gasteiger partial charge is 0.192 e. The maximum absolute atomic E-state index is 12.0. The van der Waals surface area contributed by atoms with Crippen molar-refractivity contribution in [1.82, 2.24) is 0 Å². The fourth-order valence-corrected chi connectivity index (χ4v) is 8.17. The second-order valence-corrected chi connectivity index (χ2v) is 12.4. The lowest BCUT2D eigenvalue weighted by atomic mass is 9.63. The van der Waals surface area contributed by atoms with Crippen LogP contribution in [0.15, 0.2) is 0 Å². The van der Waals surface area contributed by atoms with Crippen molar-refractivity contribution in [2.24, 2.45) is 17.3 Å². The second-order valence-electron chi connectivity index (χ2n) is 7.65. The van der Waals surface area contributed by atoms with Crippen LogP contribution in [0, 0.1) is 17.3 Å². The van der Waals surface area contributed by atoms with Crippen LogP contribution in [0.1, 0.15) is 66.7 Å². The lowest BCUT2D eigenvalue weighted by molar-refractivity contribution is -0.126. The Morgan fingerprint density at radius 1 is 1.14 bits per heavy atom. The van der Waals surface area contributed by atoms with Gasteiger partial charge in [0.25, 0.3) is 0 Å². The largest absolute Gasteiger partial charge is 0.414 e. The third-order valence-corrected chi connectivity index (χ3v) is 11.6. The normalized spacial score (nSPS) is 36.5. The molecule has 2 saturated carbocycles. The molecule has 0 saturated heterocycles. The molecule has 0 aliphatic heterocycles. The zero-order chi connectivity index (χ0) is 15.7. The van der Waals surface area contributed by atoms with Crippen LogP contribution in [0.3, 0.4) is 0 Å². The van der Waals surface area contributed by atoms with Crippen LogP contribution < -0.4 is 0 Å². The monoisotopic (exact) mass is 310 g/mol. The average molecular weight is 311 g/mol. The predicted molar refractivity (Wildman–Crippen MR) is 90.9 cm³/mol. The van der Waals surface area contributed by atoms with E-state index in [-0.39, 0.29) is 11.3 Å². The molecule has 122 valence electrons. The van der Waals surface area contributed by atoms with Gasteiger partial charge in [-0.2, -0.15) is 0 Å². The summed E-state index contributed by atoms with van der Waals surface area (Å²) in [4.78, 5) is 12.0. The van der Waals surface area contributed by atoms with E-state index in [2.05, 4.69) is 27.7 Å². The Morgan fingerprint density at radius 3 is 2.29 bits per heavy atom. The SMILES string of the molecule is CC[Si](CC)(CC)OC1CCCC2(C)C(C(C)=O)CCC12. The molecule has 0 amide bonds. The number of ketones is 1. The Labute approximate surface area is 132 Å². The molecule has 2 aliphatic carbocycles.